The van der Waals surface area contributed by atoms with Crippen molar-refractivity contribution in [1.29, 1.82) is 0 Å². The van der Waals surface area contributed by atoms with Crippen LogP contribution < -0.4 is 0 Å². The quantitative estimate of drug-likeness (QED) is 0.537. The number of hydrogen-bond donors (Lipinski definition) is 3. The van der Waals surface area contributed by atoms with Gasteiger partial charge in [-0.1, -0.05) is 0 Å². The van der Waals surface area contributed by atoms with E-state index in [1.165, 1.54) is 0 Å². The minimum Gasteiger partial charge on any atom is -0.381 e. The molecule has 0 heterocycles. The van der Waals surface area contributed by atoms with Crippen molar-refractivity contribution in [2.45, 2.75) is 12.8 Å². The molecule has 0 saturated carbocycles. The minimum atomic E-state index is -4.28. The molecule has 0 fully saturated rings. The van der Waals surface area contributed by atoms with Crippen molar-refractivity contribution in [3.05, 3.63) is 0 Å². The maximum atomic E-state index is 10.5. The van der Waals surface area contributed by atoms with Crippen LogP contribution >= 0.6 is 15.9 Å². The maximum Gasteiger partial charge on any atom is 0.362 e. The first-order chi connectivity index (χ1) is 4.36. The average molecular weight is 190 g/mol. The van der Waals surface area contributed by atoms with Gasteiger partial charge in [0.25, 0.3) is 0 Å². The molecule has 0 aliphatic carbocycles. The molecular formula is C2H8O6P2. The zero-order valence-electron chi connectivity index (χ0n) is 5.09. The first kappa shape index (κ1) is 10.3. The average Bonchev–Trinajstić information content (AvgIpc) is 1.60. The Morgan fingerprint density at radius 2 is 2.10 bits per heavy atom. The van der Waals surface area contributed by atoms with Gasteiger partial charge < -0.3 is 14.9 Å². The number of aliphatic hydroxyl groups excluding tert-OH is 1. The summed E-state index contributed by atoms with van der Waals surface area (Å²) in [6, 6.07) is 0. The molecule has 8 heteroatoms. The third kappa shape index (κ3) is 3.46. The molecule has 3 N–H and O–H groups in total. The Morgan fingerprint density at radius 3 is 2.20 bits per heavy atom. The van der Waals surface area contributed by atoms with Gasteiger partial charge in [-0.05, 0) is 6.92 Å². The Labute approximate surface area is 57.9 Å². The van der Waals surface area contributed by atoms with Gasteiger partial charge in [-0.15, -0.1) is 0 Å². The van der Waals surface area contributed by atoms with E-state index in [-0.39, 0.29) is 0 Å². The second-order valence-electron chi connectivity index (χ2n) is 1.55. The predicted octanol–water partition coefficient (Wildman–Crippen LogP) is -0.0913. The Kier molecular flexibility index (Phi) is 3.73. The summed E-state index contributed by atoms with van der Waals surface area (Å²) in [6.07, 6.45) is 0. The number of aliphatic hydroxyl groups is 1. The predicted molar refractivity (Wildman–Crippen MR) is 33.8 cm³/mol. The van der Waals surface area contributed by atoms with E-state index < -0.39 is 21.7 Å². The van der Waals surface area contributed by atoms with Crippen LogP contribution in [0, 0.1) is 0 Å². The smallest absolute Gasteiger partial charge is 0.362 e. The highest BCUT2D eigenvalue weighted by Gasteiger charge is 2.28. The zero-order chi connectivity index (χ0) is 8.36. The van der Waals surface area contributed by atoms with Crippen molar-refractivity contribution in [3.8, 4) is 0 Å². The SMILES string of the molecule is CC(O)P(=O)(O)O[PH](=O)O. The lowest BCUT2D eigenvalue weighted by molar-refractivity contribution is 0.219. The lowest BCUT2D eigenvalue weighted by atomic mass is 10.9. The van der Waals surface area contributed by atoms with E-state index in [1.807, 2.05) is 0 Å². The van der Waals surface area contributed by atoms with Crippen LogP contribution in [0.1, 0.15) is 6.92 Å². The molecule has 0 radical (unpaired) electrons. The Hall–Kier alpha value is 0.300. The number of hydrogen-bond acceptors (Lipinski definition) is 4. The Bertz CT molecular complexity index is 175. The van der Waals surface area contributed by atoms with Gasteiger partial charge >= 0.3 is 15.9 Å². The summed E-state index contributed by atoms with van der Waals surface area (Å²) in [5.74, 6) is -1.64. The summed E-state index contributed by atoms with van der Waals surface area (Å²) >= 11 is 0. The Morgan fingerprint density at radius 1 is 1.70 bits per heavy atom. The van der Waals surface area contributed by atoms with E-state index in [0.717, 1.165) is 6.92 Å². The van der Waals surface area contributed by atoms with Crippen LogP contribution in [-0.4, -0.2) is 20.7 Å². The minimum absolute atomic E-state index is 0.992. The third-order valence-electron chi connectivity index (χ3n) is 0.681. The molecule has 0 saturated heterocycles. The largest absolute Gasteiger partial charge is 0.381 e. The first-order valence-electron chi connectivity index (χ1n) is 2.29. The van der Waals surface area contributed by atoms with Crippen LogP contribution in [0.5, 0.6) is 0 Å². The van der Waals surface area contributed by atoms with Gasteiger partial charge in [0, 0.05) is 0 Å². The van der Waals surface area contributed by atoms with Gasteiger partial charge in [0.15, 0.2) is 5.85 Å². The van der Waals surface area contributed by atoms with Crippen LogP contribution in [0.4, 0.5) is 0 Å². The van der Waals surface area contributed by atoms with Gasteiger partial charge in [0.2, 0.25) is 0 Å². The summed E-state index contributed by atoms with van der Waals surface area (Å²) in [5, 5.41) is 8.46. The van der Waals surface area contributed by atoms with Crippen molar-refractivity contribution in [2.75, 3.05) is 0 Å². The van der Waals surface area contributed by atoms with E-state index in [1.54, 1.807) is 0 Å². The first-order valence-corrected chi connectivity index (χ1v) is 5.20. The van der Waals surface area contributed by atoms with E-state index in [0.29, 0.717) is 0 Å². The number of rotatable bonds is 3. The van der Waals surface area contributed by atoms with Crippen LogP contribution in [-0.2, 0) is 13.4 Å². The van der Waals surface area contributed by atoms with Crippen LogP contribution in [0.2, 0.25) is 0 Å². The molecule has 10 heavy (non-hydrogen) atoms. The molecule has 0 aromatic heterocycles. The highest BCUT2D eigenvalue weighted by molar-refractivity contribution is 7.60. The zero-order valence-corrected chi connectivity index (χ0v) is 6.99. The summed E-state index contributed by atoms with van der Waals surface area (Å²) in [5.41, 5.74) is 0. The molecule has 62 valence electrons. The topological polar surface area (TPSA) is 104 Å². The van der Waals surface area contributed by atoms with Crippen LogP contribution in [0.3, 0.4) is 0 Å². The molecule has 3 unspecified atom stereocenters. The fourth-order valence-electron chi connectivity index (χ4n) is 0.188. The monoisotopic (exact) mass is 190 g/mol. The molecular weight excluding hydrogens is 182 g/mol. The second kappa shape index (κ2) is 3.62. The van der Waals surface area contributed by atoms with Gasteiger partial charge in [-0.2, -0.15) is 0 Å². The van der Waals surface area contributed by atoms with Crippen molar-refractivity contribution in [2.24, 2.45) is 0 Å². The maximum absolute atomic E-state index is 10.5. The molecule has 0 aliphatic heterocycles. The molecule has 6 nitrogen and oxygen atoms in total. The van der Waals surface area contributed by atoms with E-state index in [2.05, 4.69) is 4.31 Å². The van der Waals surface area contributed by atoms with Crippen LogP contribution in [0.25, 0.3) is 0 Å². The standard InChI is InChI=1S/C2H8O6P2/c1-2(3)10(6,7)8-9(4)5/h2-3,9H,1H3,(H,4,5)(H,6,7). The fourth-order valence-corrected chi connectivity index (χ4v) is 1.69. The molecule has 0 aromatic carbocycles. The van der Waals surface area contributed by atoms with Crippen molar-refractivity contribution in [3.63, 3.8) is 0 Å². The van der Waals surface area contributed by atoms with Crippen molar-refractivity contribution < 1.29 is 28.3 Å². The van der Waals surface area contributed by atoms with Crippen molar-refractivity contribution in [1.82, 2.24) is 0 Å². The Balaban J connectivity index is 4.14. The second-order valence-corrected chi connectivity index (χ2v) is 4.69. The summed E-state index contributed by atoms with van der Waals surface area (Å²) in [4.78, 5) is 16.5. The molecule has 0 aromatic rings. The highest BCUT2D eigenvalue weighted by Crippen LogP contribution is 2.52. The van der Waals surface area contributed by atoms with Crippen molar-refractivity contribution >= 4 is 15.9 Å². The van der Waals surface area contributed by atoms with E-state index in [9.17, 15) is 9.13 Å². The molecule has 0 spiro atoms. The molecule has 0 rings (SSSR count). The highest BCUT2D eigenvalue weighted by atomic mass is 31.2. The summed E-state index contributed by atoms with van der Waals surface area (Å²) < 4.78 is 24.0. The molecule has 0 bridgehead atoms. The van der Waals surface area contributed by atoms with Gasteiger partial charge in [0.1, 0.15) is 0 Å². The third-order valence-corrected chi connectivity index (χ3v) is 3.30. The fraction of sp³-hybridized carbons (Fsp3) is 1.00. The molecule has 0 amide bonds. The summed E-state index contributed by atoms with van der Waals surface area (Å²) in [6.45, 7) is 0.992. The normalized spacial score (nSPS) is 23.2. The van der Waals surface area contributed by atoms with Gasteiger partial charge in [0.05, 0.1) is 0 Å². The molecule has 3 atom stereocenters. The summed E-state index contributed by atoms with van der Waals surface area (Å²) in [7, 11) is -7.74. The van der Waals surface area contributed by atoms with Crippen LogP contribution in [0.15, 0.2) is 0 Å². The van der Waals surface area contributed by atoms with Gasteiger partial charge in [-0.25, -0.2) is 4.31 Å². The molecule has 0 aliphatic rings. The van der Waals surface area contributed by atoms with Gasteiger partial charge in [-0.3, -0.25) is 9.13 Å². The van der Waals surface area contributed by atoms with E-state index >= 15 is 0 Å². The van der Waals surface area contributed by atoms with E-state index in [4.69, 9.17) is 14.9 Å². The lowest BCUT2D eigenvalue weighted by Crippen LogP contribution is -2.01. The lowest BCUT2D eigenvalue weighted by Gasteiger charge is -2.10.